The quantitative estimate of drug-likeness (QED) is 0.897. The van der Waals surface area contributed by atoms with Gasteiger partial charge >= 0.3 is 0 Å². The summed E-state index contributed by atoms with van der Waals surface area (Å²) in [5.41, 5.74) is 6.30. The minimum Gasteiger partial charge on any atom is -0.339 e. The topological polar surface area (TPSA) is 64.9 Å². The fourth-order valence-corrected chi connectivity index (χ4v) is 1.43. The van der Waals surface area contributed by atoms with Gasteiger partial charge in [-0.25, -0.2) is 0 Å². The van der Waals surface area contributed by atoms with Crippen molar-refractivity contribution in [2.24, 2.45) is 22.5 Å². The molecule has 2 N–H and O–H groups in total. The summed E-state index contributed by atoms with van der Waals surface area (Å²) < 4.78 is 5.31. The van der Waals surface area contributed by atoms with E-state index in [0.29, 0.717) is 17.6 Å². The molecular weight excluding hydrogens is 226 g/mol. The number of hydrogen-bond acceptors (Lipinski definition) is 4. The van der Waals surface area contributed by atoms with Crippen molar-refractivity contribution < 1.29 is 4.52 Å². The lowest BCUT2D eigenvalue weighted by atomic mass is 9.80. The molecule has 0 fully saturated rings. The zero-order valence-corrected chi connectivity index (χ0v) is 12.7. The van der Waals surface area contributed by atoms with E-state index in [-0.39, 0.29) is 16.9 Å². The number of aromatic nitrogens is 2. The molecule has 104 valence electrons. The molecule has 1 aromatic rings. The van der Waals surface area contributed by atoms with Gasteiger partial charge in [0, 0.05) is 6.42 Å². The highest BCUT2D eigenvalue weighted by Gasteiger charge is 2.28. The van der Waals surface area contributed by atoms with Gasteiger partial charge < -0.3 is 10.3 Å². The van der Waals surface area contributed by atoms with E-state index in [1.807, 2.05) is 0 Å². The summed E-state index contributed by atoms with van der Waals surface area (Å²) in [5, 5.41) is 4.01. The van der Waals surface area contributed by atoms with Crippen molar-refractivity contribution in [3.05, 3.63) is 11.7 Å². The third kappa shape index (κ3) is 3.80. The third-order valence-corrected chi connectivity index (χ3v) is 3.65. The second kappa shape index (κ2) is 5.00. The van der Waals surface area contributed by atoms with Gasteiger partial charge in [0.2, 0.25) is 5.89 Å². The predicted octanol–water partition coefficient (Wildman–Crippen LogP) is 3.34. The van der Waals surface area contributed by atoms with Gasteiger partial charge in [-0.05, 0) is 16.7 Å². The van der Waals surface area contributed by atoms with Gasteiger partial charge in [0.05, 0.1) is 6.04 Å². The Labute approximate surface area is 110 Å². The largest absolute Gasteiger partial charge is 0.339 e. The van der Waals surface area contributed by atoms with Gasteiger partial charge in [-0.2, -0.15) is 4.98 Å². The molecule has 4 nitrogen and oxygen atoms in total. The van der Waals surface area contributed by atoms with Gasteiger partial charge in [0.15, 0.2) is 5.82 Å². The molecule has 0 bridgehead atoms. The highest BCUT2D eigenvalue weighted by Crippen LogP contribution is 2.30. The van der Waals surface area contributed by atoms with Crippen LogP contribution in [0, 0.1) is 16.7 Å². The summed E-state index contributed by atoms with van der Waals surface area (Å²) in [6.07, 6.45) is 0.799. The number of hydrogen-bond donors (Lipinski definition) is 1. The van der Waals surface area contributed by atoms with Gasteiger partial charge in [-0.1, -0.05) is 53.6 Å². The maximum absolute atomic E-state index is 6.12. The van der Waals surface area contributed by atoms with Gasteiger partial charge in [0.1, 0.15) is 0 Å². The zero-order valence-electron chi connectivity index (χ0n) is 12.7. The van der Waals surface area contributed by atoms with E-state index in [9.17, 15) is 0 Å². The molecular formula is C14H27N3O. The number of nitrogens with two attached hydrogens (primary N) is 1. The molecule has 0 amide bonds. The maximum atomic E-state index is 6.12. The highest BCUT2D eigenvalue weighted by atomic mass is 16.5. The Hall–Kier alpha value is -0.900. The van der Waals surface area contributed by atoms with Crippen LogP contribution in [0.25, 0.3) is 0 Å². The lowest BCUT2D eigenvalue weighted by Crippen LogP contribution is -2.27. The Morgan fingerprint density at radius 2 is 1.67 bits per heavy atom. The SMILES string of the molecule is CC(Cc1nc(C(N)C(C)(C)C)no1)C(C)(C)C. The van der Waals surface area contributed by atoms with Crippen molar-refractivity contribution in [1.82, 2.24) is 10.1 Å². The van der Waals surface area contributed by atoms with E-state index >= 15 is 0 Å². The van der Waals surface area contributed by atoms with Crippen molar-refractivity contribution in [1.29, 1.82) is 0 Å². The molecule has 0 saturated carbocycles. The Kier molecular flexibility index (Phi) is 4.21. The van der Waals surface area contributed by atoms with Gasteiger partial charge in [-0.3, -0.25) is 0 Å². The van der Waals surface area contributed by atoms with Crippen LogP contribution in [0.2, 0.25) is 0 Å². The van der Waals surface area contributed by atoms with E-state index in [1.165, 1.54) is 0 Å². The maximum Gasteiger partial charge on any atom is 0.226 e. The van der Waals surface area contributed by atoms with Crippen LogP contribution in [0.5, 0.6) is 0 Å². The second-order valence-corrected chi connectivity index (χ2v) is 7.36. The molecule has 2 atom stereocenters. The Balaban J connectivity index is 2.76. The molecule has 0 aliphatic carbocycles. The van der Waals surface area contributed by atoms with Crippen LogP contribution in [0.1, 0.15) is 66.2 Å². The Morgan fingerprint density at radius 3 is 2.11 bits per heavy atom. The fraction of sp³-hybridized carbons (Fsp3) is 0.857. The van der Waals surface area contributed by atoms with E-state index in [1.54, 1.807) is 0 Å². The second-order valence-electron chi connectivity index (χ2n) is 7.36. The van der Waals surface area contributed by atoms with Crippen molar-refractivity contribution >= 4 is 0 Å². The third-order valence-electron chi connectivity index (χ3n) is 3.65. The predicted molar refractivity (Wildman–Crippen MR) is 73.0 cm³/mol. The number of nitrogens with zero attached hydrogens (tertiary/aromatic N) is 2. The molecule has 0 aromatic carbocycles. The van der Waals surface area contributed by atoms with Crippen LogP contribution < -0.4 is 5.73 Å². The van der Waals surface area contributed by atoms with E-state index in [4.69, 9.17) is 10.3 Å². The molecule has 0 radical (unpaired) electrons. The summed E-state index contributed by atoms with van der Waals surface area (Å²) in [5.74, 6) is 1.78. The first-order valence-corrected chi connectivity index (χ1v) is 6.60. The summed E-state index contributed by atoms with van der Waals surface area (Å²) >= 11 is 0. The first-order chi connectivity index (χ1) is 8.01. The monoisotopic (exact) mass is 253 g/mol. The Bertz CT molecular complexity index is 384. The molecule has 1 heterocycles. The first-order valence-electron chi connectivity index (χ1n) is 6.60. The van der Waals surface area contributed by atoms with Crippen molar-refractivity contribution in [2.45, 2.75) is 60.9 Å². The van der Waals surface area contributed by atoms with E-state index in [0.717, 1.165) is 6.42 Å². The molecule has 2 unspecified atom stereocenters. The molecule has 18 heavy (non-hydrogen) atoms. The molecule has 1 rings (SSSR count). The average molecular weight is 253 g/mol. The zero-order chi connectivity index (χ0) is 14.1. The minimum atomic E-state index is -0.194. The van der Waals surface area contributed by atoms with Crippen molar-refractivity contribution in [3.8, 4) is 0 Å². The summed E-state index contributed by atoms with van der Waals surface area (Å²) in [6.45, 7) is 15.1. The van der Waals surface area contributed by atoms with Crippen molar-refractivity contribution in [2.75, 3.05) is 0 Å². The molecule has 0 aliphatic rings. The lowest BCUT2D eigenvalue weighted by Gasteiger charge is -2.25. The van der Waals surface area contributed by atoms with Crippen LogP contribution >= 0.6 is 0 Å². The van der Waals surface area contributed by atoms with Crippen LogP contribution in [0.4, 0.5) is 0 Å². The molecule has 0 spiro atoms. The highest BCUT2D eigenvalue weighted by molar-refractivity contribution is 4.98. The minimum absolute atomic E-state index is 0.0587. The fourth-order valence-electron chi connectivity index (χ4n) is 1.43. The molecule has 0 aliphatic heterocycles. The summed E-state index contributed by atoms with van der Waals surface area (Å²) in [7, 11) is 0. The number of rotatable bonds is 3. The first kappa shape index (κ1) is 15.2. The van der Waals surface area contributed by atoms with E-state index in [2.05, 4.69) is 58.6 Å². The average Bonchev–Trinajstić information content (AvgIpc) is 2.62. The van der Waals surface area contributed by atoms with Gasteiger partial charge in [0.25, 0.3) is 0 Å². The lowest BCUT2D eigenvalue weighted by molar-refractivity contribution is 0.235. The molecule has 4 heteroatoms. The van der Waals surface area contributed by atoms with Gasteiger partial charge in [-0.15, -0.1) is 0 Å². The summed E-state index contributed by atoms with van der Waals surface area (Å²) in [6, 6.07) is -0.194. The van der Waals surface area contributed by atoms with Crippen LogP contribution in [0.3, 0.4) is 0 Å². The molecule has 1 aromatic heterocycles. The smallest absolute Gasteiger partial charge is 0.226 e. The molecule has 0 saturated heterocycles. The van der Waals surface area contributed by atoms with Crippen LogP contribution in [-0.2, 0) is 6.42 Å². The normalized spacial score (nSPS) is 16.7. The standard InChI is InChI=1S/C14H27N3O/c1-9(13(2,3)4)8-10-16-12(17-18-10)11(15)14(5,6)7/h9,11H,8,15H2,1-7H3. The van der Waals surface area contributed by atoms with Crippen molar-refractivity contribution in [3.63, 3.8) is 0 Å². The Morgan fingerprint density at radius 1 is 1.11 bits per heavy atom. The van der Waals surface area contributed by atoms with Crippen LogP contribution in [-0.4, -0.2) is 10.1 Å². The summed E-state index contributed by atoms with van der Waals surface area (Å²) in [4.78, 5) is 4.43. The van der Waals surface area contributed by atoms with Crippen LogP contribution in [0.15, 0.2) is 4.52 Å². The van der Waals surface area contributed by atoms with E-state index < -0.39 is 0 Å².